The molecule has 0 aromatic rings. The largest absolute Gasteiger partial charge is 0.337 e. The van der Waals surface area contributed by atoms with E-state index in [1.807, 2.05) is 20.9 Å². The van der Waals surface area contributed by atoms with E-state index >= 15 is 0 Å². The Balaban J connectivity index is 2.65. The number of hydrogen-bond donors (Lipinski definition) is 0. The van der Waals surface area contributed by atoms with Gasteiger partial charge in [0.1, 0.15) is 6.07 Å². The van der Waals surface area contributed by atoms with Gasteiger partial charge in [-0.25, -0.2) is 0 Å². The number of hydrogen-bond acceptors (Lipinski definition) is 4. The van der Waals surface area contributed by atoms with Gasteiger partial charge >= 0.3 is 0 Å². The van der Waals surface area contributed by atoms with E-state index in [9.17, 15) is 0 Å². The van der Waals surface area contributed by atoms with Crippen molar-refractivity contribution in [1.29, 1.82) is 5.26 Å². The van der Waals surface area contributed by atoms with Gasteiger partial charge < -0.3 is 14.4 Å². The first-order valence-corrected chi connectivity index (χ1v) is 4.98. The van der Waals surface area contributed by atoms with Gasteiger partial charge in [0, 0.05) is 19.0 Å². The molecule has 0 unspecified atom stereocenters. The molecule has 0 saturated carbocycles. The Morgan fingerprint density at radius 1 is 1.29 bits per heavy atom. The first kappa shape index (κ1) is 11.4. The van der Waals surface area contributed by atoms with Crippen molar-refractivity contribution in [3.63, 3.8) is 0 Å². The summed E-state index contributed by atoms with van der Waals surface area (Å²) in [5.41, 5.74) is 0. The highest BCUT2D eigenvalue weighted by Gasteiger charge is 2.37. The van der Waals surface area contributed by atoms with Crippen molar-refractivity contribution in [1.82, 2.24) is 4.90 Å². The third-order valence-electron chi connectivity index (χ3n) is 2.49. The van der Waals surface area contributed by atoms with Crippen molar-refractivity contribution in [3.8, 4) is 6.07 Å². The molecule has 0 aliphatic carbocycles. The van der Waals surface area contributed by atoms with Crippen LogP contribution in [0, 0.1) is 17.2 Å². The maximum absolute atomic E-state index is 9.08. The molecule has 0 radical (unpaired) electrons. The lowest BCUT2D eigenvalue weighted by Gasteiger charge is -2.34. The standard InChI is InChI=1S/C10H18N2O2/c1-9(2)10(8-11)13-6-4-12(3)5-7-14-10/h9H,4-7H2,1-3H3. The summed E-state index contributed by atoms with van der Waals surface area (Å²) in [6.45, 7) is 6.66. The lowest BCUT2D eigenvalue weighted by atomic mass is 10.0. The van der Waals surface area contributed by atoms with Gasteiger partial charge in [-0.3, -0.25) is 0 Å². The molecule has 80 valence electrons. The molecule has 1 rings (SSSR count). The molecule has 0 aromatic carbocycles. The molecular formula is C10H18N2O2. The molecule has 1 saturated heterocycles. The summed E-state index contributed by atoms with van der Waals surface area (Å²) < 4.78 is 11.1. The second-order valence-electron chi connectivity index (χ2n) is 3.93. The van der Waals surface area contributed by atoms with Crippen LogP contribution in [0.1, 0.15) is 13.8 Å². The van der Waals surface area contributed by atoms with Gasteiger partial charge in [-0.15, -0.1) is 0 Å². The van der Waals surface area contributed by atoms with Crippen LogP contribution in [0.5, 0.6) is 0 Å². The highest BCUT2D eigenvalue weighted by molar-refractivity contribution is 4.97. The van der Waals surface area contributed by atoms with Crippen LogP contribution in [0.15, 0.2) is 0 Å². The van der Waals surface area contributed by atoms with E-state index in [0.717, 1.165) is 13.1 Å². The van der Waals surface area contributed by atoms with Crippen LogP contribution in [0.3, 0.4) is 0 Å². The Hall–Kier alpha value is -0.630. The summed E-state index contributed by atoms with van der Waals surface area (Å²) in [6.07, 6.45) is 0. The number of nitriles is 1. The predicted octanol–water partition coefficient (Wildman–Crippen LogP) is 0.841. The lowest BCUT2D eigenvalue weighted by Crippen LogP contribution is -2.45. The van der Waals surface area contributed by atoms with Crippen LogP contribution < -0.4 is 0 Å². The molecule has 14 heavy (non-hydrogen) atoms. The minimum Gasteiger partial charge on any atom is -0.337 e. The average Bonchev–Trinajstić information content (AvgIpc) is 2.11. The molecule has 1 aliphatic rings. The van der Waals surface area contributed by atoms with E-state index in [0.29, 0.717) is 13.2 Å². The maximum atomic E-state index is 9.08. The molecule has 4 heteroatoms. The third kappa shape index (κ3) is 2.44. The molecular weight excluding hydrogens is 180 g/mol. The summed E-state index contributed by atoms with van der Waals surface area (Å²) in [5.74, 6) is -0.989. The van der Waals surface area contributed by atoms with Gasteiger partial charge in [0.05, 0.1) is 13.2 Å². The number of rotatable bonds is 1. The van der Waals surface area contributed by atoms with Crippen molar-refractivity contribution < 1.29 is 9.47 Å². The van der Waals surface area contributed by atoms with Gasteiger partial charge in [0.25, 0.3) is 5.79 Å². The van der Waals surface area contributed by atoms with E-state index < -0.39 is 5.79 Å². The van der Waals surface area contributed by atoms with Gasteiger partial charge in [0.2, 0.25) is 0 Å². The van der Waals surface area contributed by atoms with Crippen LogP contribution in [-0.4, -0.2) is 44.0 Å². The fraction of sp³-hybridized carbons (Fsp3) is 0.900. The smallest absolute Gasteiger partial charge is 0.261 e. The molecule has 4 nitrogen and oxygen atoms in total. The molecule has 1 aliphatic heterocycles. The van der Waals surface area contributed by atoms with Crippen LogP contribution >= 0.6 is 0 Å². The monoisotopic (exact) mass is 198 g/mol. The SMILES string of the molecule is CC(C)C1(C#N)OCCN(C)CCO1. The Morgan fingerprint density at radius 3 is 2.14 bits per heavy atom. The summed E-state index contributed by atoms with van der Waals surface area (Å²) in [7, 11) is 2.02. The van der Waals surface area contributed by atoms with Crippen molar-refractivity contribution in [2.45, 2.75) is 19.6 Å². The zero-order valence-corrected chi connectivity index (χ0v) is 9.12. The van der Waals surface area contributed by atoms with Gasteiger partial charge in [-0.05, 0) is 7.05 Å². The van der Waals surface area contributed by atoms with E-state index in [4.69, 9.17) is 14.7 Å². The van der Waals surface area contributed by atoms with E-state index in [1.54, 1.807) is 0 Å². The van der Waals surface area contributed by atoms with Crippen molar-refractivity contribution in [2.24, 2.45) is 5.92 Å². The minimum atomic E-state index is -1.04. The van der Waals surface area contributed by atoms with Crippen LogP contribution in [0.4, 0.5) is 0 Å². The highest BCUT2D eigenvalue weighted by Crippen LogP contribution is 2.23. The van der Waals surface area contributed by atoms with Gasteiger partial charge in [-0.2, -0.15) is 5.26 Å². The second kappa shape index (κ2) is 4.74. The van der Waals surface area contributed by atoms with E-state index in [-0.39, 0.29) is 5.92 Å². The normalized spacial score (nSPS) is 23.9. The van der Waals surface area contributed by atoms with Crippen LogP contribution in [-0.2, 0) is 9.47 Å². The second-order valence-corrected chi connectivity index (χ2v) is 3.93. The molecule has 0 aromatic heterocycles. The van der Waals surface area contributed by atoms with Crippen LogP contribution in [0.2, 0.25) is 0 Å². The minimum absolute atomic E-state index is 0.0518. The Morgan fingerprint density at radius 2 is 1.79 bits per heavy atom. The Bertz CT molecular complexity index is 213. The molecule has 0 N–H and O–H groups in total. The van der Waals surface area contributed by atoms with Crippen molar-refractivity contribution in [3.05, 3.63) is 0 Å². The average molecular weight is 198 g/mol. The molecule has 0 amide bonds. The topological polar surface area (TPSA) is 45.5 Å². The lowest BCUT2D eigenvalue weighted by molar-refractivity contribution is -0.234. The fourth-order valence-electron chi connectivity index (χ4n) is 1.39. The van der Waals surface area contributed by atoms with Crippen molar-refractivity contribution in [2.75, 3.05) is 33.4 Å². The summed E-state index contributed by atoms with van der Waals surface area (Å²) in [5, 5.41) is 9.08. The fourth-order valence-corrected chi connectivity index (χ4v) is 1.39. The maximum Gasteiger partial charge on any atom is 0.261 e. The summed E-state index contributed by atoms with van der Waals surface area (Å²) in [4.78, 5) is 2.13. The first-order valence-electron chi connectivity index (χ1n) is 4.98. The zero-order valence-electron chi connectivity index (χ0n) is 9.12. The van der Waals surface area contributed by atoms with Crippen LogP contribution in [0.25, 0.3) is 0 Å². The number of ether oxygens (including phenoxy) is 2. The van der Waals surface area contributed by atoms with Crippen molar-refractivity contribution >= 4 is 0 Å². The number of likely N-dealkylation sites (N-methyl/N-ethyl adjacent to an activating group) is 1. The highest BCUT2D eigenvalue weighted by atomic mass is 16.7. The summed E-state index contributed by atoms with van der Waals surface area (Å²) >= 11 is 0. The molecule has 0 spiro atoms. The van der Waals surface area contributed by atoms with Gasteiger partial charge in [0.15, 0.2) is 0 Å². The zero-order chi connectivity index (χ0) is 10.6. The molecule has 0 bridgehead atoms. The van der Waals surface area contributed by atoms with Gasteiger partial charge in [-0.1, -0.05) is 13.8 Å². The summed E-state index contributed by atoms with van der Waals surface area (Å²) in [6, 6.07) is 2.14. The Labute approximate surface area is 85.4 Å². The predicted molar refractivity (Wildman–Crippen MR) is 52.6 cm³/mol. The first-order chi connectivity index (χ1) is 6.60. The quantitative estimate of drug-likeness (QED) is 0.626. The molecule has 1 heterocycles. The Kier molecular flexibility index (Phi) is 3.87. The molecule has 0 atom stereocenters. The van der Waals surface area contributed by atoms with E-state index in [2.05, 4.69) is 11.0 Å². The molecule has 1 fully saturated rings. The van der Waals surface area contributed by atoms with E-state index in [1.165, 1.54) is 0 Å². The number of nitrogens with zero attached hydrogens (tertiary/aromatic N) is 2. The third-order valence-corrected chi connectivity index (χ3v) is 2.49.